The van der Waals surface area contributed by atoms with Crippen molar-refractivity contribution in [1.29, 1.82) is 0 Å². The van der Waals surface area contributed by atoms with Crippen LogP contribution < -0.4 is 10.3 Å². The van der Waals surface area contributed by atoms with E-state index in [0.717, 1.165) is 0 Å². The predicted molar refractivity (Wildman–Crippen MR) is 79.3 cm³/mol. The van der Waals surface area contributed by atoms with Crippen molar-refractivity contribution in [3.63, 3.8) is 0 Å². The van der Waals surface area contributed by atoms with Crippen LogP contribution in [0, 0.1) is 10.5 Å². The number of nitrogens with one attached hydrogen (secondary N) is 1. The van der Waals surface area contributed by atoms with E-state index in [4.69, 9.17) is 16.3 Å². The van der Waals surface area contributed by atoms with Crippen LogP contribution in [-0.4, -0.2) is 17.1 Å². The van der Waals surface area contributed by atoms with Gasteiger partial charge in [-0.1, -0.05) is 17.7 Å². The summed E-state index contributed by atoms with van der Waals surface area (Å²) in [5.41, 5.74) is 1.08. The van der Waals surface area contributed by atoms with Gasteiger partial charge in [-0.15, -0.1) is 0 Å². The summed E-state index contributed by atoms with van der Waals surface area (Å²) in [6.07, 6.45) is 0. The topological polar surface area (TPSA) is 55.0 Å². The summed E-state index contributed by atoms with van der Waals surface area (Å²) in [6.45, 7) is 1.78. The van der Waals surface area contributed by atoms with Gasteiger partial charge < -0.3 is 9.72 Å². The molecular formula is C12H10ClIN2O2. The molecule has 0 spiro atoms. The Balaban J connectivity index is 2.73. The van der Waals surface area contributed by atoms with E-state index in [2.05, 4.69) is 9.97 Å². The maximum Gasteiger partial charge on any atom is 0.264 e. The number of aromatic nitrogens is 2. The summed E-state index contributed by atoms with van der Waals surface area (Å²) in [4.78, 5) is 18.8. The zero-order chi connectivity index (χ0) is 13.3. The zero-order valence-corrected chi connectivity index (χ0v) is 12.7. The Morgan fingerprint density at radius 2 is 2.17 bits per heavy atom. The predicted octanol–water partition coefficient (Wildman–Crippen LogP) is 3.01. The van der Waals surface area contributed by atoms with E-state index in [1.165, 1.54) is 0 Å². The standard InChI is InChI=1S/C12H10ClIN2O2/c1-6-10(14)12(17)16-11(15-6)9-7(13)4-3-5-8(9)18-2/h3-5H,1-2H3,(H,15,16,17). The van der Waals surface area contributed by atoms with E-state index < -0.39 is 0 Å². The van der Waals surface area contributed by atoms with E-state index in [1.807, 2.05) is 22.6 Å². The van der Waals surface area contributed by atoms with Crippen LogP contribution in [0.4, 0.5) is 0 Å². The molecule has 0 atom stereocenters. The largest absolute Gasteiger partial charge is 0.496 e. The SMILES string of the molecule is COc1cccc(Cl)c1-c1nc(C)c(I)c(=O)[nH]1. The molecule has 1 heterocycles. The highest BCUT2D eigenvalue weighted by atomic mass is 127. The van der Waals surface area contributed by atoms with Gasteiger partial charge in [0, 0.05) is 0 Å². The van der Waals surface area contributed by atoms with Crippen LogP contribution in [0.25, 0.3) is 11.4 Å². The second-order valence-corrected chi connectivity index (χ2v) is 5.12. The fraction of sp³-hybridized carbons (Fsp3) is 0.167. The van der Waals surface area contributed by atoms with Crippen LogP contribution in [-0.2, 0) is 0 Å². The number of halogens is 2. The van der Waals surface area contributed by atoms with Crippen LogP contribution in [0.1, 0.15) is 5.69 Å². The lowest BCUT2D eigenvalue weighted by molar-refractivity contribution is 0.416. The summed E-state index contributed by atoms with van der Waals surface area (Å²) in [5.74, 6) is 0.992. The minimum Gasteiger partial charge on any atom is -0.496 e. The Morgan fingerprint density at radius 1 is 1.44 bits per heavy atom. The van der Waals surface area contributed by atoms with E-state index in [-0.39, 0.29) is 5.56 Å². The third-order valence-corrected chi connectivity index (χ3v) is 4.05. The number of benzene rings is 1. The highest BCUT2D eigenvalue weighted by Crippen LogP contribution is 2.33. The lowest BCUT2D eigenvalue weighted by Gasteiger charge is -2.10. The monoisotopic (exact) mass is 376 g/mol. The third kappa shape index (κ3) is 2.37. The van der Waals surface area contributed by atoms with E-state index in [0.29, 0.717) is 31.4 Å². The van der Waals surface area contributed by atoms with Gasteiger partial charge in [0.25, 0.3) is 5.56 Å². The normalized spacial score (nSPS) is 10.4. The molecule has 0 aliphatic heterocycles. The summed E-state index contributed by atoms with van der Waals surface area (Å²) in [7, 11) is 1.55. The average molecular weight is 377 g/mol. The first-order valence-electron chi connectivity index (χ1n) is 5.14. The van der Waals surface area contributed by atoms with Gasteiger partial charge in [-0.3, -0.25) is 4.79 Å². The second-order valence-electron chi connectivity index (χ2n) is 3.63. The first kappa shape index (κ1) is 13.4. The molecule has 2 aromatic rings. The number of hydrogen-bond acceptors (Lipinski definition) is 3. The number of aryl methyl sites for hydroxylation is 1. The molecule has 6 heteroatoms. The highest BCUT2D eigenvalue weighted by molar-refractivity contribution is 14.1. The Hall–Kier alpha value is -1.08. The molecule has 0 aliphatic rings. The lowest BCUT2D eigenvalue weighted by atomic mass is 10.2. The Morgan fingerprint density at radius 3 is 2.78 bits per heavy atom. The van der Waals surface area contributed by atoms with E-state index in [9.17, 15) is 4.79 Å². The van der Waals surface area contributed by atoms with Gasteiger partial charge in [0.15, 0.2) is 0 Å². The van der Waals surface area contributed by atoms with Crippen LogP contribution >= 0.6 is 34.2 Å². The number of rotatable bonds is 2. The van der Waals surface area contributed by atoms with Gasteiger partial charge in [-0.2, -0.15) is 0 Å². The molecule has 94 valence electrons. The quantitative estimate of drug-likeness (QED) is 0.820. The third-order valence-electron chi connectivity index (χ3n) is 2.46. The van der Waals surface area contributed by atoms with Gasteiger partial charge in [0.05, 0.1) is 27.0 Å². The summed E-state index contributed by atoms with van der Waals surface area (Å²) in [5, 5.41) is 0.484. The lowest BCUT2D eigenvalue weighted by Crippen LogP contribution is -2.14. The fourth-order valence-corrected chi connectivity index (χ4v) is 2.10. The minimum absolute atomic E-state index is 0.180. The van der Waals surface area contributed by atoms with Gasteiger partial charge >= 0.3 is 0 Å². The van der Waals surface area contributed by atoms with Crippen molar-refractivity contribution < 1.29 is 4.74 Å². The maximum atomic E-state index is 11.8. The molecule has 0 fully saturated rings. The summed E-state index contributed by atoms with van der Waals surface area (Å²) >= 11 is 8.10. The second kappa shape index (κ2) is 5.27. The van der Waals surface area contributed by atoms with Crippen molar-refractivity contribution in [3.05, 3.63) is 42.8 Å². The van der Waals surface area contributed by atoms with Crippen molar-refractivity contribution in [1.82, 2.24) is 9.97 Å². The number of ether oxygens (including phenoxy) is 1. The number of methoxy groups -OCH3 is 1. The molecule has 4 nitrogen and oxygen atoms in total. The van der Waals surface area contributed by atoms with Gasteiger partial charge in [0.2, 0.25) is 0 Å². The molecule has 1 aromatic heterocycles. The molecule has 2 rings (SSSR count). The van der Waals surface area contributed by atoms with Gasteiger partial charge in [-0.05, 0) is 41.6 Å². The van der Waals surface area contributed by atoms with Crippen LogP contribution in [0.2, 0.25) is 5.02 Å². The molecule has 0 saturated carbocycles. The van der Waals surface area contributed by atoms with Crippen LogP contribution in [0.3, 0.4) is 0 Å². The first-order valence-corrected chi connectivity index (χ1v) is 6.59. The van der Waals surface area contributed by atoms with Crippen molar-refractivity contribution in [2.45, 2.75) is 6.92 Å². The first-order chi connectivity index (χ1) is 8.54. The molecule has 18 heavy (non-hydrogen) atoms. The van der Waals surface area contributed by atoms with Crippen LogP contribution in [0.5, 0.6) is 5.75 Å². The molecule has 1 N–H and O–H groups in total. The Bertz CT molecular complexity index is 655. The molecular weight excluding hydrogens is 367 g/mol. The zero-order valence-electron chi connectivity index (χ0n) is 9.75. The Labute approximate surface area is 122 Å². The number of aromatic amines is 1. The number of nitrogens with zero attached hydrogens (tertiary/aromatic N) is 1. The maximum absolute atomic E-state index is 11.8. The summed E-state index contributed by atoms with van der Waals surface area (Å²) < 4.78 is 5.81. The van der Waals surface area contributed by atoms with Gasteiger partial charge in [0.1, 0.15) is 11.6 Å². The fourth-order valence-electron chi connectivity index (χ4n) is 1.59. The molecule has 1 aromatic carbocycles. The van der Waals surface area contributed by atoms with Crippen molar-refractivity contribution in [2.24, 2.45) is 0 Å². The van der Waals surface area contributed by atoms with Crippen molar-refractivity contribution in [3.8, 4) is 17.1 Å². The molecule has 0 unspecified atom stereocenters. The average Bonchev–Trinajstić information content (AvgIpc) is 2.35. The van der Waals surface area contributed by atoms with Gasteiger partial charge in [-0.25, -0.2) is 4.98 Å². The van der Waals surface area contributed by atoms with E-state index >= 15 is 0 Å². The molecule has 0 bridgehead atoms. The summed E-state index contributed by atoms with van der Waals surface area (Å²) in [6, 6.07) is 5.28. The van der Waals surface area contributed by atoms with Crippen molar-refractivity contribution >= 4 is 34.2 Å². The molecule has 0 saturated heterocycles. The molecule has 0 radical (unpaired) electrons. The van der Waals surface area contributed by atoms with E-state index in [1.54, 1.807) is 32.2 Å². The smallest absolute Gasteiger partial charge is 0.264 e. The Kier molecular flexibility index (Phi) is 3.91. The highest BCUT2D eigenvalue weighted by Gasteiger charge is 2.14. The minimum atomic E-state index is -0.180. The van der Waals surface area contributed by atoms with Crippen LogP contribution in [0.15, 0.2) is 23.0 Å². The number of H-pyrrole nitrogens is 1. The number of hydrogen-bond donors (Lipinski definition) is 1. The molecule has 0 amide bonds. The van der Waals surface area contributed by atoms with Crippen molar-refractivity contribution in [2.75, 3.05) is 7.11 Å². The molecule has 0 aliphatic carbocycles.